The average Bonchev–Trinajstić information content (AvgIpc) is 3.34. The molecular formula is C61H107NO6. The summed E-state index contributed by atoms with van der Waals surface area (Å²) in [6.07, 6.45) is 66.2. The van der Waals surface area contributed by atoms with Crippen LogP contribution in [0, 0.1) is 0 Å². The summed E-state index contributed by atoms with van der Waals surface area (Å²) in [7, 11) is 0. The van der Waals surface area contributed by atoms with Crippen LogP contribution in [-0.4, -0.2) is 49.8 Å². The van der Waals surface area contributed by atoms with Crippen LogP contribution in [0.3, 0.4) is 0 Å². The molecule has 0 aliphatic rings. The van der Waals surface area contributed by atoms with Crippen molar-refractivity contribution in [3.63, 3.8) is 0 Å². The zero-order valence-corrected chi connectivity index (χ0v) is 44.9. The van der Waals surface area contributed by atoms with Gasteiger partial charge in [-0.3, -0.25) is 14.4 Å². The van der Waals surface area contributed by atoms with Gasteiger partial charge in [0.1, 0.15) is 25.4 Å². The predicted molar refractivity (Wildman–Crippen MR) is 292 cm³/mol. The second kappa shape index (κ2) is 53.2. The fourth-order valence-corrected chi connectivity index (χ4v) is 7.78. The van der Waals surface area contributed by atoms with Crippen LogP contribution < -0.4 is 5.32 Å². The third kappa shape index (κ3) is 47.9. The number of nitrogens with one attached hydrogen (secondary N) is 1. The molecule has 0 radical (unpaired) electrons. The molecule has 0 aliphatic carbocycles. The summed E-state index contributed by atoms with van der Waals surface area (Å²) in [5, 5.41) is 3.46. The lowest BCUT2D eigenvalue weighted by molar-refractivity contribution is -0.157. The van der Waals surface area contributed by atoms with E-state index in [1.54, 1.807) is 0 Å². The van der Waals surface area contributed by atoms with Crippen LogP contribution in [0.15, 0.2) is 72.9 Å². The first-order valence-corrected chi connectivity index (χ1v) is 28.5. The van der Waals surface area contributed by atoms with Crippen LogP contribution in [0.4, 0.5) is 0 Å². The van der Waals surface area contributed by atoms with Gasteiger partial charge in [-0.1, -0.05) is 197 Å². The van der Waals surface area contributed by atoms with Crippen molar-refractivity contribution in [3.05, 3.63) is 72.9 Å². The van der Waals surface area contributed by atoms with Gasteiger partial charge in [0.2, 0.25) is 0 Å². The second-order valence-electron chi connectivity index (χ2n) is 19.1. The summed E-state index contributed by atoms with van der Waals surface area (Å²) in [6, 6.07) is 0. The normalized spacial score (nSPS) is 12.4. The third-order valence-electron chi connectivity index (χ3n) is 12.3. The number of esters is 3. The number of hydrogen-bond acceptors (Lipinski definition) is 7. The van der Waals surface area contributed by atoms with E-state index in [-0.39, 0.29) is 37.7 Å². The zero-order valence-electron chi connectivity index (χ0n) is 44.9. The SMILES string of the molecule is CCCCC/C=C\C/C=C\CCCCCCCC(=O)OCC(COC(=O)CCCCCCC/C=C\C/C=C\CCCCC)(COC(=O)CCCCCCC/C=C\C/C=C\CCCCC)NCCC. The van der Waals surface area contributed by atoms with Gasteiger partial charge in [0.15, 0.2) is 0 Å². The van der Waals surface area contributed by atoms with Crippen molar-refractivity contribution < 1.29 is 28.6 Å². The number of carbonyl (C=O) groups is 3. The number of rotatable bonds is 51. The Labute approximate surface area is 420 Å². The van der Waals surface area contributed by atoms with Gasteiger partial charge >= 0.3 is 17.9 Å². The number of ether oxygens (including phenoxy) is 3. The highest BCUT2D eigenvalue weighted by molar-refractivity contribution is 5.70. The molecule has 0 aromatic rings. The first-order valence-electron chi connectivity index (χ1n) is 28.5. The number of hydrogen-bond donors (Lipinski definition) is 1. The van der Waals surface area contributed by atoms with Crippen LogP contribution in [0.1, 0.15) is 265 Å². The number of carbonyl (C=O) groups excluding carboxylic acids is 3. The molecule has 0 saturated carbocycles. The summed E-state index contributed by atoms with van der Waals surface area (Å²) in [5.41, 5.74) is -1.01. The van der Waals surface area contributed by atoms with Crippen molar-refractivity contribution in [2.75, 3.05) is 26.4 Å². The van der Waals surface area contributed by atoms with E-state index in [2.05, 4.69) is 106 Å². The summed E-state index contributed by atoms with van der Waals surface area (Å²) >= 11 is 0. The molecule has 0 spiro atoms. The lowest BCUT2D eigenvalue weighted by atomic mass is 10.0. The van der Waals surface area contributed by atoms with E-state index in [0.717, 1.165) is 141 Å². The maximum absolute atomic E-state index is 13.0. The van der Waals surface area contributed by atoms with Gasteiger partial charge in [0.05, 0.1) is 0 Å². The molecule has 0 bridgehead atoms. The molecule has 0 aromatic carbocycles. The van der Waals surface area contributed by atoms with Crippen molar-refractivity contribution >= 4 is 17.9 Å². The third-order valence-corrected chi connectivity index (χ3v) is 12.3. The molecule has 0 aromatic heterocycles. The minimum atomic E-state index is -1.01. The summed E-state index contributed by atoms with van der Waals surface area (Å²) in [5.74, 6) is -0.816. The summed E-state index contributed by atoms with van der Waals surface area (Å²) in [6.45, 7) is 9.30. The van der Waals surface area contributed by atoms with E-state index in [0.29, 0.717) is 25.8 Å². The Hall–Kier alpha value is -3.19. The van der Waals surface area contributed by atoms with Crippen LogP contribution in [-0.2, 0) is 28.6 Å². The lowest BCUT2D eigenvalue weighted by Gasteiger charge is -2.33. The van der Waals surface area contributed by atoms with E-state index < -0.39 is 5.54 Å². The van der Waals surface area contributed by atoms with Gasteiger partial charge in [0, 0.05) is 19.3 Å². The van der Waals surface area contributed by atoms with Crippen LogP contribution in [0.25, 0.3) is 0 Å². The maximum atomic E-state index is 13.0. The van der Waals surface area contributed by atoms with Gasteiger partial charge in [-0.25, -0.2) is 0 Å². The largest absolute Gasteiger partial charge is 0.463 e. The second-order valence-corrected chi connectivity index (χ2v) is 19.1. The quantitative estimate of drug-likeness (QED) is 0.0281. The highest BCUT2D eigenvalue weighted by atomic mass is 16.6. The monoisotopic (exact) mass is 950 g/mol. The molecule has 1 N–H and O–H groups in total. The van der Waals surface area contributed by atoms with Crippen LogP contribution >= 0.6 is 0 Å². The topological polar surface area (TPSA) is 90.9 Å². The Morgan fingerprint density at radius 3 is 0.838 bits per heavy atom. The molecule has 392 valence electrons. The minimum absolute atomic E-state index is 0.0277. The van der Waals surface area contributed by atoms with Crippen LogP contribution in [0.5, 0.6) is 0 Å². The van der Waals surface area contributed by atoms with E-state index in [9.17, 15) is 14.4 Å². The van der Waals surface area contributed by atoms with Crippen LogP contribution in [0.2, 0.25) is 0 Å². The summed E-state index contributed by atoms with van der Waals surface area (Å²) in [4.78, 5) is 39.1. The van der Waals surface area contributed by atoms with Crippen molar-refractivity contribution in [3.8, 4) is 0 Å². The van der Waals surface area contributed by atoms with Crippen molar-refractivity contribution in [2.24, 2.45) is 0 Å². The molecule has 0 aliphatic heterocycles. The highest BCUT2D eigenvalue weighted by Gasteiger charge is 2.35. The van der Waals surface area contributed by atoms with Crippen molar-refractivity contribution in [2.45, 2.75) is 271 Å². The fraction of sp³-hybridized carbons (Fsp3) is 0.754. The standard InChI is InChI=1S/C61H107NO6/c1-5-9-12-15-18-21-24-27-30-33-36-39-42-45-48-51-58(63)66-55-61(62-54-8-4,56-67-59(64)52-49-46-43-40-37-34-31-28-25-22-19-16-13-10-6-2)57-68-60(65)53-50-47-44-41-38-35-32-29-26-23-20-17-14-11-7-3/h18-23,27-32,62H,5-17,24-26,33-57H2,1-4H3/b21-18-,22-19-,23-20-,30-27-,31-28-,32-29-. The van der Waals surface area contributed by atoms with Gasteiger partial charge in [-0.15, -0.1) is 0 Å². The number of unbranched alkanes of at least 4 members (excludes halogenated alkanes) is 24. The molecule has 0 atom stereocenters. The Balaban J connectivity index is 4.89. The fourth-order valence-electron chi connectivity index (χ4n) is 7.78. The molecule has 0 unspecified atom stereocenters. The highest BCUT2D eigenvalue weighted by Crippen LogP contribution is 2.16. The average molecular weight is 951 g/mol. The van der Waals surface area contributed by atoms with Crippen molar-refractivity contribution in [1.82, 2.24) is 5.32 Å². The molecule has 0 rings (SSSR count). The Bertz CT molecular complexity index is 1160. The predicted octanol–water partition coefficient (Wildman–Crippen LogP) is 17.8. The smallest absolute Gasteiger partial charge is 0.305 e. The molecule has 68 heavy (non-hydrogen) atoms. The molecule has 0 heterocycles. The molecular weight excluding hydrogens is 843 g/mol. The minimum Gasteiger partial charge on any atom is -0.463 e. The first-order chi connectivity index (χ1) is 33.4. The van der Waals surface area contributed by atoms with Gasteiger partial charge in [0.25, 0.3) is 0 Å². The number of allylic oxidation sites excluding steroid dienone is 12. The Morgan fingerprint density at radius 1 is 0.324 bits per heavy atom. The van der Waals surface area contributed by atoms with Gasteiger partial charge in [-0.05, 0) is 129 Å². The molecule has 0 saturated heterocycles. The lowest BCUT2D eigenvalue weighted by Crippen LogP contribution is -2.57. The van der Waals surface area contributed by atoms with E-state index >= 15 is 0 Å². The molecule has 7 heteroatoms. The molecule has 0 amide bonds. The van der Waals surface area contributed by atoms with Gasteiger partial charge < -0.3 is 19.5 Å². The van der Waals surface area contributed by atoms with E-state index in [4.69, 9.17) is 14.2 Å². The Morgan fingerprint density at radius 2 is 0.574 bits per heavy atom. The Kier molecular flexibility index (Phi) is 50.7. The first kappa shape index (κ1) is 64.8. The molecule has 0 fully saturated rings. The zero-order chi connectivity index (χ0) is 49.5. The van der Waals surface area contributed by atoms with Gasteiger partial charge in [-0.2, -0.15) is 0 Å². The van der Waals surface area contributed by atoms with E-state index in [1.807, 2.05) is 0 Å². The molecule has 7 nitrogen and oxygen atoms in total. The maximum Gasteiger partial charge on any atom is 0.305 e. The van der Waals surface area contributed by atoms with Crippen molar-refractivity contribution in [1.29, 1.82) is 0 Å². The summed E-state index contributed by atoms with van der Waals surface area (Å²) < 4.78 is 17.6. The van der Waals surface area contributed by atoms with E-state index in [1.165, 1.54) is 77.0 Å².